The van der Waals surface area contributed by atoms with Gasteiger partial charge in [-0.05, 0) is 6.42 Å². The molecule has 0 aliphatic rings. The van der Waals surface area contributed by atoms with Crippen LogP contribution in [-0.2, 0) is 4.74 Å². The lowest BCUT2D eigenvalue weighted by molar-refractivity contribution is 0.119. The summed E-state index contributed by atoms with van der Waals surface area (Å²) >= 11 is 0. The van der Waals surface area contributed by atoms with Crippen molar-refractivity contribution in [1.82, 2.24) is 0 Å². The van der Waals surface area contributed by atoms with Gasteiger partial charge in [-0.3, -0.25) is 0 Å². The molecule has 0 saturated heterocycles. The van der Waals surface area contributed by atoms with Crippen molar-refractivity contribution in [1.29, 1.82) is 0 Å². The number of aliphatic hydroxyl groups is 1. The standard InChI is InChI=1S/C16H30O2/c1-4-6-7-8-9-10-11-12-13-14-15(17)16(5-2)18-3/h15,17H,2,4,6-14H2,1,3H3. The molecule has 0 aliphatic carbocycles. The zero-order valence-corrected chi connectivity index (χ0v) is 12.2. The SMILES string of the molecule is C=C=C(OC)C(O)CCCCCCCCCCC. The Bertz CT molecular complexity index is 229. The van der Waals surface area contributed by atoms with Crippen molar-refractivity contribution in [3.8, 4) is 0 Å². The van der Waals surface area contributed by atoms with Crippen molar-refractivity contribution >= 4 is 0 Å². The summed E-state index contributed by atoms with van der Waals surface area (Å²) in [6, 6.07) is 0. The third-order valence-electron chi connectivity index (χ3n) is 3.28. The van der Waals surface area contributed by atoms with E-state index in [1.165, 1.54) is 51.4 Å². The number of methoxy groups -OCH3 is 1. The van der Waals surface area contributed by atoms with Crippen LogP contribution in [0, 0.1) is 0 Å². The molecule has 0 spiro atoms. The monoisotopic (exact) mass is 254 g/mol. The molecule has 0 aromatic carbocycles. The average molecular weight is 254 g/mol. The molecule has 0 bridgehead atoms. The van der Waals surface area contributed by atoms with E-state index in [9.17, 15) is 5.11 Å². The normalized spacial score (nSPS) is 11.9. The van der Waals surface area contributed by atoms with Crippen molar-refractivity contribution in [2.24, 2.45) is 0 Å². The first-order chi connectivity index (χ1) is 8.76. The summed E-state index contributed by atoms with van der Waals surface area (Å²) in [7, 11) is 1.55. The maximum atomic E-state index is 9.74. The highest BCUT2D eigenvalue weighted by molar-refractivity contribution is 4.95. The summed E-state index contributed by atoms with van der Waals surface area (Å²) < 4.78 is 4.99. The van der Waals surface area contributed by atoms with Crippen molar-refractivity contribution in [2.75, 3.05) is 7.11 Å². The first-order valence-corrected chi connectivity index (χ1v) is 7.38. The number of ether oxygens (including phenoxy) is 1. The van der Waals surface area contributed by atoms with Gasteiger partial charge in [-0.2, -0.15) is 0 Å². The van der Waals surface area contributed by atoms with E-state index in [0.29, 0.717) is 5.76 Å². The smallest absolute Gasteiger partial charge is 0.166 e. The van der Waals surface area contributed by atoms with Gasteiger partial charge in [-0.25, -0.2) is 0 Å². The van der Waals surface area contributed by atoms with E-state index in [0.717, 1.165) is 12.8 Å². The number of rotatable bonds is 12. The molecular formula is C16H30O2. The highest BCUT2D eigenvalue weighted by Gasteiger charge is 2.09. The van der Waals surface area contributed by atoms with Crippen LogP contribution in [-0.4, -0.2) is 18.3 Å². The van der Waals surface area contributed by atoms with Gasteiger partial charge in [0.15, 0.2) is 5.76 Å². The second-order valence-electron chi connectivity index (χ2n) is 4.88. The fourth-order valence-corrected chi connectivity index (χ4v) is 2.11. The van der Waals surface area contributed by atoms with Crippen LogP contribution in [0.4, 0.5) is 0 Å². The first-order valence-electron chi connectivity index (χ1n) is 7.38. The van der Waals surface area contributed by atoms with Gasteiger partial charge < -0.3 is 9.84 Å². The summed E-state index contributed by atoms with van der Waals surface area (Å²) in [6.07, 6.45) is 11.9. The molecule has 0 aromatic rings. The molecule has 2 heteroatoms. The van der Waals surface area contributed by atoms with Crippen molar-refractivity contribution in [3.63, 3.8) is 0 Å². The van der Waals surface area contributed by atoms with Crippen LogP contribution in [0.25, 0.3) is 0 Å². The van der Waals surface area contributed by atoms with E-state index in [2.05, 4.69) is 19.2 Å². The molecule has 0 aromatic heterocycles. The lowest BCUT2D eigenvalue weighted by Crippen LogP contribution is -2.10. The first kappa shape index (κ1) is 17.3. The highest BCUT2D eigenvalue weighted by atomic mass is 16.5. The lowest BCUT2D eigenvalue weighted by atomic mass is 10.0. The second kappa shape index (κ2) is 12.7. The molecule has 18 heavy (non-hydrogen) atoms. The fourth-order valence-electron chi connectivity index (χ4n) is 2.11. The number of aliphatic hydroxyl groups excluding tert-OH is 1. The van der Waals surface area contributed by atoms with Gasteiger partial charge in [0.1, 0.15) is 6.10 Å². The van der Waals surface area contributed by atoms with Gasteiger partial charge in [0, 0.05) is 0 Å². The van der Waals surface area contributed by atoms with Gasteiger partial charge in [0.2, 0.25) is 0 Å². The topological polar surface area (TPSA) is 29.5 Å². The minimum Gasteiger partial charge on any atom is -0.490 e. The van der Waals surface area contributed by atoms with E-state index in [4.69, 9.17) is 4.74 Å². The molecule has 0 radical (unpaired) electrons. The molecule has 1 unspecified atom stereocenters. The highest BCUT2D eigenvalue weighted by Crippen LogP contribution is 2.13. The van der Waals surface area contributed by atoms with Crippen molar-refractivity contribution < 1.29 is 9.84 Å². The Labute approximate surface area is 113 Å². The fraction of sp³-hybridized carbons (Fsp3) is 0.812. The Morgan fingerprint density at radius 3 is 2.00 bits per heavy atom. The van der Waals surface area contributed by atoms with Crippen LogP contribution in [0.15, 0.2) is 18.1 Å². The van der Waals surface area contributed by atoms with Crippen LogP contribution in [0.5, 0.6) is 0 Å². The molecule has 1 atom stereocenters. The minimum atomic E-state index is -0.531. The Kier molecular flexibility index (Phi) is 12.2. The zero-order chi connectivity index (χ0) is 13.6. The predicted octanol–water partition coefficient (Wildman–Crippen LogP) is 4.58. The summed E-state index contributed by atoms with van der Waals surface area (Å²) in [6.45, 7) is 5.75. The Morgan fingerprint density at radius 1 is 1.06 bits per heavy atom. The largest absolute Gasteiger partial charge is 0.490 e. The predicted molar refractivity (Wildman–Crippen MR) is 77.5 cm³/mol. The third kappa shape index (κ3) is 9.32. The summed E-state index contributed by atoms with van der Waals surface area (Å²) in [5.41, 5.74) is 2.63. The van der Waals surface area contributed by atoms with Gasteiger partial charge in [-0.15, -0.1) is 0 Å². The molecule has 0 saturated carbocycles. The maximum Gasteiger partial charge on any atom is 0.166 e. The van der Waals surface area contributed by atoms with E-state index in [1.807, 2.05) is 0 Å². The molecule has 0 aliphatic heterocycles. The Hall–Kier alpha value is -0.720. The summed E-state index contributed by atoms with van der Waals surface area (Å²) in [5, 5.41) is 9.74. The van der Waals surface area contributed by atoms with Gasteiger partial charge >= 0.3 is 0 Å². The van der Waals surface area contributed by atoms with Crippen molar-refractivity contribution in [3.05, 3.63) is 18.1 Å². The quantitative estimate of drug-likeness (QED) is 0.314. The van der Waals surface area contributed by atoms with Crippen molar-refractivity contribution in [2.45, 2.75) is 77.2 Å². The molecular weight excluding hydrogens is 224 g/mol. The van der Waals surface area contributed by atoms with E-state index >= 15 is 0 Å². The lowest BCUT2D eigenvalue weighted by Gasteiger charge is -2.11. The molecule has 2 nitrogen and oxygen atoms in total. The molecule has 0 rings (SSSR count). The van der Waals surface area contributed by atoms with Gasteiger partial charge in [-0.1, -0.05) is 77.0 Å². The molecule has 0 fully saturated rings. The van der Waals surface area contributed by atoms with Crippen LogP contribution < -0.4 is 0 Å². The van der Waals surface area contributed by atoms with Crippen LogP contribution in [0.1, 0.15) is 71.1 Å². The minimum absolute atomic E-state index is 0.467. The van der Waals surface area contributed by atoms with E-state index in [-0.39, 0.29) is 0 Å². The van der Waals surface area contributed by atoms with E-state index < -0.39 is 6.10 Å². The Morgan fingerprint density at radius 2 is 1.56 bits per heavy atom. The second-order valence-corrected chi connectivity index (χ2v) is 4.88. The average Bonchev–Trinajstić information content (AvgIpc) is 2.38. The molecule has 106 valence electrons. The van der Waals surface area contributed by atoms with Gasteiger partial charge in [0.25, 0.3) is 0 Å². The molecule has 1 N–H and O–H groups in total. The van der Waals surface area contributed by atoms with Crippen LogP contribution in [0.2, 0.25) is 0 Å². The summed E-state index contributed by atoms with van der Waals surface area (Å²) in [4.78, 5) is 0. The van der Waals surface area contributed by atoms with Crippen LogP contribution >= 0.6 is 0 Å². The number of unbranched alkanes of at least 4 members (excludes halogenated alkanes) is 8. The molecule has 0 heterocycles. The summed E-state index contributed by atoms with van der Waals surface area (Å²) in [5.74, 6) is 0.467. The third-order valence-corrected chi connectivity index (χ3v) is 3.28. The van der Waals surface area contributed by atoms with Gasteiger partial charge in [0.05, 0.1) is 7.11 Å². The van der Waals surface area contributed by atoms with Crippen LogP contribution in [0.3, 0.4) is 0 Å². The maximum absolute atomic E-state index is 9.74. The van der Waals surface area contributed by atoms with E-state index in [1.54, 1.807) is 7.11 Å². The zero-order valence-electron chi connectivity index (χ0n) is 12.2. The molecule has 0 amide bonds. The number of hydrogen-bond donors (Lipinski definition) is 1. The Balaban J connectivity index is 3.32. The number of hydrogen-bond acceptors (Lipinski definition) is 2.